The van der Waals surface area contributed by atoms with E-state index in [9.17, 15) is 14.4 Å². The Balaban J connectivity index is 4.54. The van der Waals surface area contributed by atoms with Gasteiger partial charge in [-0.05, 0) is 135 Å². The van der Waals surface area contributed by atoms with Crippen LogP contribution in [0.1, 0.15) is 245 Å². The van der Waals surface area contributed by atoms with Gasteiger partial charge in [-0.25, -0.2) is 0 Å². The standard InChI is InChI=1S/C66H106O6/c1-4-7-10-13-16-19-22-25-28-31-32-33-34-36-38-41-44-47-50-53-56-59-65(68)71-62-63(61-70-64(67)58-55-52-49-46-43-40-37-30-27-24-21-18-15-12-9-6-3)72-66(69)60-57-54-51-48-45-42-39-35-29-26-23-20-17-14-11-8-5-2/h7-8,10-11,16-17,19-20,25-26,28-30,32-33,36-39,42,44,47,63H,4-6,9,12-15,18,21-24,27,31,34-35,40-41,43,45-46,48-62H2,1-3H3/b10-7-,11-8-,19-16-,20-17-,28-25-,29-26-,33-32-,37-30-,38-36-,42-39-,47-44-. The number of ether oxygens (including phenoxy) is 3. The average molecular weight is 996 g/mol. The van der Waals surface area contributed by atoms with Gasteiger partial charge in [0.05, 0.1) is 0 Å². The van der Waals surface area contributed by atoms with Crippen molar-refractivity contribution < 1.29 is 28.6 Å². The Morgan fingerprint density at radius 1 is 0.292 bits per heavy atom. The second-order valence-electron chi connectivity index (χ2n) is 18.8. The molecule has 0 aliphatic rings. The van der Waals surface area contributed by atoms with Gasteiger partial charge in [-0.2, -0.15) is 0 Å². The number of esters is 3. The molecule has 1 atom stereocenters. The van der Waals surface area contributed by atoms with Crippen LogP contribution in [0.25, 0.3) is 0 Å². The molecule has 0 aromatic rings. The first-order chi connectivity index (χ1) is 35.5. The van der Waals surface area contributed by atoms with Gasteiger partial charge in [0.2, 0.25) is 0 Å². The smallest absolute Gasteiger partial charge is 0.306 e. The van der Waals surface area contributed by atoms with Crippen molar-refractivity contribution in [1.82, 2.24) is 0 Å². The molecule has 0 aliphatic heterocycles. The van der Waals surface area contributed by atoms with Crippen LogP contribution in [-0.2, 0) is 28.6 Å². The number of rotatable bonds is 51. The molecule has 0 rings (SSSR count). The molecular formula is C66H106O6. The molecule has 6 heteroatoms. The molecule has 6 nitrogen and oxygen atoms in total. The zero-order valence-corrected chi connectivity index (χ0v) is 46.4. The molecule has 0 saturated heterocycles. The lowest BCUT2D eigenvalue weighted by molar-refractivity contribution is -0.167. The SMILES string of the molecule is CC/C=C\C/C=C\C/C=C\C/C=C\C/C=C\C/C=C\CCCCC(=O)OCC(COC(=O)CCCCCCC/C=C\CCCCCCCCC)OC(=O)CCCCCC/C=C\C/C=C\C/C=C\C/C=C\CC. The minimum Gasteiger partial charge on any atom is -0.462 e. The maximum atomic E-state index is 12.9. The van der Waals surface area contributed by atoms with Gasteiger partial charge in [-0.1, -0.05) is 225 Å². The van der Waals surface area contributed by atoms with E-state index in [1.54, 1.807) is 0 Å². The highest BCUT2D eigenvalue weighted by Crippen LogP contribution is 2.13. The van der Waals surface area contributed by atoms with Gasteiger partial charge >= 0.3 is 17.9 Å². The first-order valence-electron chi connectivity index (χ1n) is 29.2. The Bertz CT molecular complexity index is 1560. The second kappa shape index (κ2) is 59.1. The van der Waals surface area contributed by atoms with Crippen molar-refractivity contribution in [2.24, 2.45) is 0 Å². The number of hydrogen-bond donors (Lipinski definition) is 0. The summed E-state index contributed by atoms with van der Waals surface area (Å²) >= 11 is 0. The Kier molecular flexibility index (Phi) is 55.5. The van der Waals surface area contributed by atoms with Crippen molar-refractivity contribution in [2.75, 3.05) is 13.2 Å². The van der Waals surface area contributed by atoms with Crippen LogP contribution in [0.5, 0.6) is 0 Å². The zero-order chi connectivity index (χ0) is 52.2. The number of carbonyl (C=O) groups excluding carboxylic acids is 3. The van der Waals surface area contributed by atoms with Crippen LogP contribution in [0.4, 0.5) is 0 Å². The molecule has 0 fully saturated rings. The summed E-state index contributed by atoms with van der Waals surface area (Å²) < 4.78 is 16.8. The molecule has 406 valence electrons. The molecule has 72 heavy (non-hydrogen) atoms. The topological polar surface area (TPSA) is 78.9 Å². The normalized spacial score (nSPS) is 13.1. The van der Waals surface area contributed by atoms with Crippen molar-refractivity contribution in [1.29, 1.82) is 0 Å². The summed E-state index contributed by atoms with van der Waals surface area (Å²) in [6.45, 7) is 6.34. The first-order valence-corrected chi connectivity index (χ1v) is 29.2. The lowest BCUT2D eigenvalue weighted by Gasteiger charge is -2.18. The number of carbonyl (C=O) groups is 3. The van der Waals surface area contributed by atoms with E-state index < -0.39 is 6.10 Å². The number of hydrogen-bond acceptors (Lipinski definition) is 6. The molecular weight excluding hydrogens is 889 g/mol. The van der Waals surface area contributed by atoms with Crippen LogP contribution in [0, 0.1) is 0 Å². The third-order valence-electron chi connectivity index (χ3n) is 11.9. The second-order valence-corrected chi connectivity index (χ2v) is 18.8. The van der Waals surface area contributed by atoms with Gasteiger partial charge in [0.1, 0.15) is 13.2 Å². The zero-order valence-electron chi connectivity index (χ0n) is 46.4. The molecule has 0 saturated carbocycles. The fourth-order valence-corrected chi connectivity index (χ4v) is 7.55. The summed E-state index contributed by atoms with van der Waals surface area (Å²) in [7, 11) is 0. The van der Waals surface area contributed by atoms with E-state index in [2.05, 4.69) is 154 Å². The quantitative estimate of drug-likeness (QED) is 0.0261. The first kappa shape index (κ1) is 67.5. The van der Waals surface area contributed by atoms with Gasteiger partial charge in [-0.3, -0.25) is 14.4 Å². The summed E-state index contributed by atoms with van der Waals surface area (Å²) in [6.07, 6.45) is 83.0. The minimum absolute atomic E-state index is 0.111. The van der Waals surface area contributed by atoms with Crippen LogP contribution < -0.4 is 0 Å². The highest BCUT2D eigenvalue weighted by Gasteiger charge is 2.19. The van der Waals surface area contributed by atoms with E-state index in [1.165, 1.54) is 57.8 Å². The van der Waals surface area contributed by atoms with Crippen LogP contribution in [0.2, 0.25) is 0 Å². The minimum atomic E-state index is -0.818. The molecule has 0 heterocycles. The molecule has 0 amide bonds. The van der Waals surface area contributed by atoms with Crippen molar-refractivity contribution >= 4 is 17.9 Å². The Morgan fingerprint density at radius 3 is 0.889 bits per heavy atom. The van der Waals surface area contributed by atoms with E-state index in [1.807, 2.05) is 0 Å². The Morgan fingerprint density at radius 2 is 0.542 bits per heavy atom. The fourth-order valence-electron chi connectivity index (χ4n) is 7.55. The highest BCUT2D eigenvalue weighted by molar-refractivity contribution is 5.71. The third kappa shape index (κ3) is 56.5. The van der Waals surface area contributed by atoms with E-state index >= 15 is 0 Å². The molecule has 1 unspecified atom stereocenters. The molecule has 0 bridgehead atoms. The number of allylic oxidation sites excluding steroid dienone is 22. The van der Waals surface area contributed by atoms with Gasteiger partial charge in [0.25, 0.3) is 0 Å². The van der Waals surface area contributed by atoms with Gasteiger partial charge < -0.3 is 14.2 Å². The Hall–Kier alpha value is -4.45. The molecule has 0 aromatic carbocycles. The number of unbranched alkanes of at least 4 members (excludes halogenated alkanes) is 18. The lowest BCUT2D eigenvalue weighted by atomic mass is 10.1. The van der Waals surface area contributed by atoms with Crippen molar-refractivity contribution in [3.8, 4) is 0 Å². The maximum Gasteiger partial charge on any atom is 0.306 e. The van der Waals surface area contributed by atoms with Crippen molar-refractivity contribution in [3.63, 3.8) is 0 Å². The van der Waals surface area contributed by atoms with Crippen LogP contribution in [-0.4, -0.2) is 37.2 Å². The van der Waals surface area contributed by atoms with Crippen LogP contribution in [0.3, 0.4) is 0 Å². The van der Waals surface area contributed by atoms with E-state index in [4.69, 9.17) is 14.2 Å². The predicted octanol–water partition coefficient (Wildman–Crippen LogP) is 19.8. The maximum absolute atomic E-state index is 12.9. The van der Waals surface area contributed by atoms with E-state index in [0.717, 1.165) is 141 Å². The summed E-state index contributed by atoms with van der Waals surface area (Å²) in [5, 5.41) is 0. The molecule has 0 spiro atoms. The monoisotopic (exact) mass is 995 g/mol. The highest BCUT2D eigenvalue weighted by atomic mass is 16.6. The van der Waals surface area contributed by atoms with E-state index in [0.29, 0.717) is 19.3 Å². The van der Waals surface area contributed by atoms with Crippen LogP contribution in [0.15, 0.2) is 134 Å². The fraction of sp³-hybridized carbons (Fsp3) is 0.621. The predicted molar refractivity (Wildman–Crippen MR) is 311 cm³/mol. The van der Waals surface area contributed by atoms with Crippen molar-refractivity contribution in [3.05, 3.63) is 134 Å². The summed E-state index contributed by atoms with van der Waals surface area (Å²) in [6, 6.07) is 0. The lowest BCUT2D eigenvalue weighted by Crippen LogP contribution is -2.30. The molecule has 0 aromatic heterocycles. The average Bonchev–Trinajstić information content (AvgIpc) is 3.38. The molecule has 0 N–H and O–H groups in total. The molecule has 0 aliphatic carbocycles. The van der Waals surface area contributed by atoms with Gasteiger partial charge in [-0.15, -0.1) is 0 Å². The summed E-state index contributed by atoms with van der Waals surface area (Å²) in [4.78, 5) is 38.2. The van der Waals surface area contributed by atoms with Gasteiger partial charge in [0.15, 0.2) is 6.10 Å². The largest absolute Gasteiger partial charge is 0.462 e. The van der Waals surface area contributed by atoms with Crippen molar-refractivity contribution in [2.45, 2.75) is 252 Å². The van der Waals surface area contributed by atoms with E-state index in [-0.39, 0.29) is 37.5 Å². The summed E-state index contributed by atoms with van der Waals surface area (Å²) in [5.74, 6) is -0.990. The third-order valence-corrected chi connectivity index (χ3v) is 11.9. The van der Waals surface area contributed by atoms with Crippen LogP contribution >= 0.6 is 0 Å². The van der Waals surface area contributed by atoms with Gasteiger partial charge in [0, 0.05) is 19.3 Å². The Labute approximate surface area is 443 Å². The molecule has 0 radical (unpaired) electrons. The summed E-state index contributed by atoms with van der Waals surface area (Å²) in [5.41, 5.74) is 0.